The number of aromatic nitrogens is 2. The van der Waals surface area contributed by atoms with E-state index in [1.807, 2.05) is 24.3 Å². The fraction of sp³-hybridized carbons (Fsp3) is 0.436. The molecule has 5 rings (SSSR count). The van der Waals surface area contributed by atoms with E-state index in [9.17, 15) is 32.3 Å². The number of amides is 1. The lowest BCUT2D eigenvalue weighted by Gasteiger charge is -2.37. The minimum atomic E-state index is -4.91. The van der Waals surface area contributed by atoms with Gasteiger partial charge in [0.15, 0.2) is 0 Å². The summed E-state index contributed by atoms with van der Waals surface area (Å²) in [6.45, 7) is 7.46. The third-order valence-electron chi connectivity index (χ3n) is 9.45. The van der Waals surface area contributed by atoms with Crippen LogP contribution in [0.2, 0.25) is 0 Å². The number of hydrogen-bond acceptors (Lipinski definition) is 8. The zero-order valence-corrected chi connectivity index (χ0v) is 30.9. The van der Waals surface area contributed by atoms with Gasteiger partial charge in [-0.1, -0.05) is 42.5 Å². The van der Waals surface area contributed by atoms with E-state index >= 15 is 4.39 Å². The Bertz CT molecular complexity index is 2040. The minimum Gasteiger partial charge on any atom is -0.465 e. The van der Waals surface area contributed by atoms with Crippen molar-refractivity contribution in [2.24, 2.45) is 5.92 Å². The molecule has 2 aliphatic rings. The summed E-state index contributed by atoms with van der Waals surface area (Å²) in [6, 6.07) is 8.80. The lowest BCUT2D eigenvalue weighted by molar-refractivity contribution is -0.138. The SMILES string of the molecule is COC(=O)c1cccc(CN2CCN(c3c(C)n(Cc4c(F)cccc4C(F)(F)F)c(=O)n(C[C@H](NC(=O)OC(C)(C)C)C4C=CC=CC4)c3=O)CC2)c1. The predicted molar refractivity (Wildman–Crippen MR) is 195 cm³/mol. The minimum absolute atomic E-state index is 0.0778. The van der Waals surface area contributed by atoms with E-state index < -0.39 is 64.6 Å². The largest absolute Gasteiger partial charge is 0.465 e. The number of esters is 1. The van der Waals surface area contributed by atoms with Gasteiger partial charge in [0.25, 0.3) is 5.56 Å². The summed E-state index contributed by atoms with van der Waals surface area (Å²) in [7, 11) is 1.31. The molecule has 1 aromatic heterocycles. The molecule has 3 aromatic rings. The number of hydrogen-bond donors (Lipinski definition) is 1. The van der Waals surface area contributed by atoms with Gasteiger partial charge < -0.3 is 19.7 Å². The van der Waals surface area contributed by atoms with Crippen LogP contribution in [0.3, 0.4) is 0 Å². The maximum absolute atomic E-state index is 15.2. The zero-order valence-electron chi connectivity index (χ0n) is 30.9. The first kappa shape index (κ1) is 40.0. The third-order valence-corrected chi connectivity index (χ3v) is 9.45. The van der Waals surface area contributed by atoms with Crippen LogP contribution in [0.4, 0.5) is 28.0 Å². The van der Waals surface area contributed by atoms with Gasteiger partial charge in [0.2, 0.25) is 0 Å². The number of alkyl carbamates (subject to hydrolysis) is 1. The molecule has 15 heteroatoms. The molecule has 1 fully saturated rings. The van der Waals surface area contributed by atoms with Crippen molar-refractivity contribution in [1.82, 2.24) is 19.4 Å². The Morgan fingerprint density at radius 1 is 0.963 bits per heavy atom. The Morgan fingerprint density at radius 2 is 1.67 bits per heavy atom. The molecule has 1 aliphatic heterocycles. The predicted octanol–water partition coefficient (Wildman–Crippen LogP) is 5.66. The van der Waals surface area contributed by atoms with Crippen molar-refractivity contribution in [3.8, 4) is 0 Å². The van der Waals surface area contributed by atoms with Gasteiger partial charge in [0, 0.05) is 49.9 Å². The average Bonchev–Trinajstić information content (AvgIpc) is 3.11. The number of nitrogens with one attached hydrogen (secondary N) is 1. The van der Waals surface area contributed by atoms with Crippen molar-refractivity contribution >= 4 is 17.7 Å². The average molecular weight is 756 g/mol. The highest BCUT2D eigenvalue weighted by Gasteiger charge is 2.36. The molecule has 290 valence electrons. The van der Waals surface area contributed by atoms with Crippen LogP contribution in [0.1, 0.15) is 59.9 Å². The number of rotatable bonds is 10. The second kappa shape index (κ2) is 16.5. The van der Waals surface area contributed by atoms with Crippen molar-refractivity contribution in [2.75, 3.05) is 38.2 Å². The molecule has 2 atom stereocenters. The monoisotopic (exact) mass is 755 g/mol. The number of halogens is 4. The first-order valence-electron chi connectivity index (χ1n) is 17.6. The maximum Gasteiger partial charge on any atom is 0.416 e. The molecular weight excluding hydrogens is 710 g/mol. The molecule has 1 N–H and O–H groups in total. The Kier molecular flexibility index (Phi) is 12.2. The first-order chi connectivity index (χ1) is 25.5. The summed E-state index contributed by atoms with van der Waals surface area (Å²) in [5, 5.41) is 2.80. The van der Waals surface area contributed by atoms with Crippen LogP contribution in [-0.4, -0.2) is 71.0 Å². The molecule has 1 saturated heterocycles. The molecule has 11 nitrogen and oxygen atoms in total. The van der Waals surface area contributed by atoms with Gasteiger partial charge in [-0.3, -0.25) is 18.8 Å². The fourth-order valence-electron chi connectivity index (χ4n) is 6.78. The summed E-state index contributed by atoms with van der Waals surface area (Å²) in [5.74, 6) is -1.97. The van der Waals surface area contributed by atoms with Crippen molar-refractivity contribution < 1.29 is 36.6 Å². The smallest absolute Gasteiger partial charge is 0.416 e. The van der Waals surface area contributed by atoms with E-state index in [1.165, 1.54) is 14.0 Å². The number of nitrogens with zero attached hydrogens (tertiary/aromatic N) is 4. The lowest BCUT2D eigenvalue weighted by atomic mass is 9.92. The van der Waals surface area contributed by atoms with Crippen LogP contribution in [0.5, 0.6) is 0 Å². The summed E-state index contributed by atoms with van der Waals surface area (Å²) in [5.41, 5.74) is -3.02. The number of piperazine rings is 1. The lowest BCUT2D eigenvalue weighted by Crippen LogP contribution is -2.53. The van der Waals surface area contributed by atoms with Crippen molar-refractivity contribution in [1.29, 1.82) is 0 Å². The third kappa shape index (κ3) is 9.48. The van der Waals surface area contributed by atoms with Crippen LogP contribution < -0.4 is 21.5 Å². The van der Waals surface area contributed by atoms with Gasteiger partial charge in [-0.05, 0) is 63.9 Å². The number of carbonyl (C=O) groups excluding carboxylic acids is 2. The van der Waals surface area contributed by atoms with Gasteiger partial charge in [0.05, 0.1) is 37.4 Å². The summed E-state index contributed by atoms with van der Waals surface area (Å²) in [6.07, 6.45) is 2.09. The van der Waals surface area contributed by atoms with Gasteiger partial charge in [-0.2, -0.15) is 13.2 Å². The van der Waals surface area contributed by atoms with Crippen molar-refractivity contribution in [2.45, 2.75) is 71.6 Å². The number of alkyl halides is 3. The quantitative estimate of drug-likeness (QED) is 0.209. The van der Waals surface area contributed by atoms with Crippen LogP contribution >= 0.6 is 0 Å². The van der Waals surface area contributed by atoms with Crippen LogP contribution in [0.25, 0.3) is 0 Å². The molecule has 1 amide bonds. The highest BCUT2D eigenvalue weighted by atomic mass is 19.4. The van der Waals surface area contributed by atoms with E-state index in [0.29, 0.717) is 44.7 Å². The maximum atomic E-state index is 15.2. The molecule has 0 saturated carbocycles. The van der Waals surface area contributed by atoms with E-state index in [2.05, 4.69) is 10.2 Å². The van der Waals surface area contributed by atoms with E-state index in [1.54, 1.807) is 49.9 Å². The highest BCUT2D eigenvalue weighted by Crippen LogP contribution is 2.34. The van der Waals surface area contributed by atoms with E-state index in [4.69, 9.17) is 9.47 Å². The number of ether oxygens (including phenoxy) is 2. The summed E-state index contributed by atoms with van der Waals surface area (Å²) in [4.78, 5) is 57.7. The summed E-state index contributed by atoms with van der Waals surface area (Å²) < 4.78 is 69.8. The van der Waals surface area contributed by atoms with E-state index in [-0.39, 0.29) is 23.8 Å². The number of allylic oxidation sites excluding steroid dienone is 3. The second-order valence-electron chi connectivity index (χ2n) is 14.4. The van der Waals surface area contributed by atoms with Crippen molar-refractivity contribution in [3.05, 3.63) is 121 Å². The molecule has 0 spiro atoms. The van der Waals surface area contributed by atoms with Crippen LogP contribution in [-0.2, 0) is 35.3 Å². The Hall–Kier alpha value is -5.18. The van der Waals surface area contributed by atoms with Gasteiger partial charge >= 0.3 is 23.9 Å². The topological polar surface area (TPSA) is 115 Å². The molecule has 2 aromatic carbocycles. The van der Waals surface area contributed by atoms with E-state index in [0.717, 1.165) is 32.9 Å². The second-order valence-corrected chi connectivity index (χ2v) is 14.4. The zero-order chi connectivity index (χ0) is 39.4. The molecule has 2 heterocycles. The molecule has 0 radical (unpaired) electrons. The molecular formula is C39H45F4N5O6. The Balaban J connectivity index is 1.54. The number of carbonyl (C=O) groups is 2. The first-order valence-corrected chi connectivity index (χ1v) is 17.6. The Labute approximate surface area is 310 Å². The molecule has 54 heavy (non-hydrogen) atoms. The van der Waals surface area contributed by atoms with Gasteiger partial charge in [-0.15, -0.1) is 0 Å². The molecule has 1 aliphatic carbocycles. The number of benzene rings is 2. The number of anilines is 1. The molecule has 1 unspecified atom stereocenters. The van der Waals surface area contributed by atoms with Crippen molar-refractivity contribution in [3.63, 3.8) is 0 Å². The molecule has 0 bridgehead atoms. The van der Waals surface area contributed by atoms with Crippen LogP contribution in [0, 0.1) is 18.7 Å². The summed E-state index contributed by atoms with van der Waals surface area (Å²) >= 11 is 0. The van der Waals surface area contributed by atoms with Crippen LogP contribution in [0.15, 0.2) is 76.4 Å². The van der Waals surface area contributed by atoms with Gasteiger partial charge in [0.1, 0.15) is 17.1 Å². The Morgan fingerprint density at radius 3 is 2.30 bits per heavy atom. The highest BCUT2D eigenvalue weighted by molar-refractivity contribution is 5.89. The number of methoxy groups -OCH3 is 1. The van der Waals surface area contributed by atoms with Gasteiger partial charge in [-0.25, -0.2) is 18.8 Å². The fourth-order valence-corrected chi connectivity index (χ4v) is 6.78. The standard InChI is InChI=1S/C39H45F4N5O6/c1-25-33(46-19-17-45(18-20-46)22-26-11-9-14-28(21-26)35(50)53-5)34(49)48(24-32(27-12-7-6-8-13-27)44-36(51)54-38(2,3)4)37(52)47(25)23-29-30(39(41,42)43)15-10-16-31(29)40/h6-12,14-16,21,27,32H,13,17-20,22-24H2,1-5H3,(H,44,51)/t27?,32-/m0/s1. The normalized spacial score (nSPS) is 17.0.